The first-order chi connectivity index (χ1) is 14.9. The lowest BCUT2D eigenvalue weighted by Crippen LogP contribution is -2.57. The lowest BCUT2D eigenvalue weighted by Gasteiger charge is -2.45. The number of para-hydroxylation sites is 1. The van der Waals surface area contributed by atoms with Gasteiger partial charge in [0, 0.05) is 48.5 Å². The SMILES string of the molecule is C[C@@H]1CN(c2cccc3c2oc(=O)n3C)C[C@H](C)N1CCc1csc2ccc(Cl)cc12. The first-order valence-electron chi connectivity index (χ1n) is 10.7. The molecule has 0 saturated carbocycles. The number of aryl methyl sites for hydroxylation is 1. The molecule has 7 heteroatoms. The van der Waals surface area contributed by atoms with Gasteiger partial charge in [-0.05, 0) is 66.9 Å². The van der Waals surface area contributed by atoms with Gasteiger partial charge in [0.2, 0.25) is 0 Å². The van der Waals surface area contributed by atoms with Crippen molar-refractivity contribution in [3.63, 3.8) is 0 Å². The molecule has 0 amide bonds. The van der Waals surface area contributed by atoms with Crippen LogP contribution < -0.4 is 10.7 Å². The monoisotopic (exact) mass is 455 g/mol. The van der Waals surface area contributed by atoms with Gasteiger partial charge in [-0.1, -0.05) is 17.7 Å². The van der Waals surface area contributed by atoms with Crippen LogP contribution in [-0.2, 0) is 13.5 Å². The van der Waals surface area contributed by atoms with Crippen molar-refractivity contribution in [1.29, 1.82) is 0 Å². The van der Waals surface area contributed by atoms with Crippen LogP contribution in [0.1, 0.15) is 19.4 Å². The molecule has 0 bridgehead atoms. The van der Waals surface area contributed by atoms with Crippen LogP contribution in [0.3, 0.4) is 0 Å². The Hall–Kier alpha value is -2.28. The summed E-state index contributed by atoms with van der Waals surface area (Å²) in [7, 11) is 1.75. The van der Waals surface area contributed by atoms with Gasteiger partial charge in [-0.15, -0.1) is 11.3 Å². The van der Waals surface area contributed by atoms with E-state index < -0.39 is 0 Å². The maximum atomic E-state index is 12.0. The van der Waals surface area contributed by atoms with E-state index in [-0.39, 0.29) is 5.76 Å². The third-order valence-electron chi connectivity index (χ3n) is 6.50. The average molecular weight is 456 g/mol. The van der Waals surface area contributed by atoms with Crippen molar-refractivity contribution in [3.8, 4) is 0 Å². The van der Waals surface area contributed by atoms with E-state index in [0.717, 1.165) is 42.3 Å². The highest BCUT2D eigenvalue weighted by atomic mass is 35.5. The normalized spacial score (nSPS) is 20.2. The fourth-order valence-corrected chi connectivity index (χ4v) is 6.03. The number of anilines is 1. The molecule has 0 aliphatic carbocycles. The fourth-order valence-electron chi connectivity index (χ4n) is 4.88. The van der Waals surface area contributed by atoms with E-state index in [0.29, 0.717) is 17.7 Å². The van der Waals surface area contributed by atoms with E-state index >= 15 is 0 Å². The standard InChI is InChI=1S/C24H26ClN3O2S/c1-15-12-27(21-6-4-5-20-23(21)30-24(29)26(20)3)13-16(2)28(15)10-9-17-14-31-22-8-7-18(25)11-19(17)22/h4-8,11,14-16H,9-10,12-13H2,1-3H3/t15-,16+. The molecule has 1 fully saturated rings. The smallest absolute Gasteiger partial charge is 0.405 e. The number of rotatable bonds is 4. The zero-order valence-electron chi connectivity index (χ0n) is 18.0. The van der Waals surface area contributed by atoms with Crippen molar-refractivity contribution in [1.82, 2.24) is 9.47 Å². The fraction of sp³-hybridized carbons (Fsp3) is 0.375. The molecule has 2 atom stereocenters. The van der Waals surface area contributed by atoms with Crippen molar-refractivity contribution in [2.24, 2.45) is 7.05 Å². The Morgan fingerprint density at radius 2 is 1.94 bits per heavy atom. The number of hydrogen-bond acceptors (Lipinski definition) is 5. The maximum Gasteiger partial charge on any atom is 0.419 e. The van der Waals surface area contributed by atoms with Crippen LogP contribution in [0.5, 0.6) is 0 Å². The number of benzene rings is 2. The minimum atomic E-state index is -0.315. The molecular weight excluding hydrogens is 430 g/mol. The van der Waals surface area contributed by atoms with Crippen molar-refractivity contribution in [2.45, 2.75) is 32.4 Å². The van der Waals surface area contributed by atoms with Crippen LogP contribution in [-0.4, -0.2) is 41.2 Å². The predicted octanol–water partition coefficient (Wildman–Crippen LogP) is 5.14. The molecule has 0 unspecified atom stereocenters. The van der Waals surface area contributed by atoms with Crippen LogP contribution in [0, 0.1) is 0 Å². The summed E-state index contributed by atoms with van der Waals surface area (Å²) < 4.78 is 8.43. The minimum absolute atomic E-state index is 0.315. The van der Waals surface area contributed by atoms with Crippen LogP contribution in [0.15, 0.2) is 51.0 Å². The molecule has 2 aromatic carbocycles. The number of halogens is 1. The minimum Gasteiger partial charge on any atom is -0.405 e. The van der Waals surface area contributed by atoms with Crippen LogP contribution in [0.25, 0.3) is 21.2 Å². The number of hydrogen-bond donors (Lipinski definition) is 0. The second kappa shape index (κ2) is 8.01. The molecule has 1 saturated heterocycles. The van der Waals surface area contributed by atoms with Crippen molar-refractivity contribution in [3.05, 3.63) is 62.9 Å². The Kier molecular flexibility index (Phi) is 5.32. The van der Waals surface area contributed by atoms with Crippen molar-refractivity contribution in [2.75, 3.05) is 24.5 Å². The summed E-state index contributed by atoms with van der Waals surface area (Å²) in [6, 6.07) is 12.9. The quantitative estimate of drug-likeness (QED) is 0.427. The van der Waals surface area contributed by atoms with E-state index in [1.807, 2.05) is 18.2 Å². The number of aromatic nitrogens is 1. The number of thiophene rings is 1. The van der Waals surface area contributed by atoms with Gasteiger partial charge in [-0.2, -0.15) is 0 Å². The molecule has 0 N–H and O–H groups in total. The number of piperazine rings is 1. The average Bonchev–Trinajstić information content (AvgIpc) is 3.27. The highest BCUT2D eigenvalue weighted by molar-refractivity contribution is 7.17. The molecular formula is C24H26ClN3O2S. The molecule has 0 spiro atoms. The first-order valence-corrected chi connectivity index (χ1v) is 11.9. The largest absolute Gasteiger partial charge is 0.419 e. The molecule has 1 aliphatic rings. The zero-order chi connectivity index (χ0) is 21.7. The summed E-state index contributed by atoms with van der Waals surface area (Å²) in [6.45, 7) is 7.38. The van der Waals surface area contributed by atoms with E-state index in [4.69, 9.17) is 16.0 Å². The first kappa shape index (κ1) is 20.6. The summed E-state index contributed by atoms with van der Waals surface area (Å²) in [6.07, 6.45) is 1.01. The Labute approximate surface area is 190 Å². The van der Waals surface area contributed by atoms with Gasteiger partial charge in [0.25, 0.3) is 0 Å². The third-order valence-corrected chi connectivity index (χ3v) is 7.74. The molecule has 1 aliphatic heterocycles. The number of nitrogens with zero attached hydrogens (tertiary/aromatic N) is 3. The van der Waals surface area contributed by atoms with E-state index in [9.17, 15) is 4.79 Å². The van der Waals surface area contributed by atoms with Gasteiger partial charge >= 0.3 is 5.76 Å². The lowest BCUT2D eigenvalue weighted by atomic mass is 10.0. The number of fused-ring (bicyclic) bond motifs is 2. The van der Waals surface area contributed by atoms with Crippen LogP contribution in [0.4, 0.5) is 5.69 Å². The molecule has 2 aromatic heterocycles. The third kappa shape index (κ3) is 3.67. The van der Waals surface area contributed by atoms with E-state index in [2.05, 4.69) is 47.2 Å². The second-order valence-corrected chi connectivity index (χ2v) is 9.89. The van der Waals surface area contributed by atoms with E-state index in [1.165, 1.54) is 15.6 Å². The van der Waals surface area contributed by atoms with Crippen LogP contribution >= 0.6 is 22.9 Å². The van der Waals surface area contributed by atoms with Crippen molar-refractivity contribution >= 4 is 49.8 Å². The van der Waals surface area contributed by atoms with E-state index in [1.54, 1.807) is 23.0 Å². The highest BCUT2D eigenvalue weighted by Gasteiger charge is 2.30. The maximum absolute atomic E-state index is 12.0. The molecule has 4 aromatic rings. The summed E-state index contributed by atoms with van der Waals surface area (Å²) in [5, 5.41) is 4.34. The Morgan fingerprint density at radius 1 is 1.16 bits per heavy atom. The summed E-state index contributed by atoms with van der Waals surface area (Å²) in [5.41, 5.74) is 3.91. The highest BCUT2D eigenvalue weighted by Crippen LogP contribution is 2.31. The summed E-state index contributed by atoms with van der Waals surface area (Å²) in [5.74, 6) is -0.315. The molecule has 31 heavy (non-hydrogen) atoms. The Balaban J connectivity index is 1.34. The Bertz CT molecular complexity index is 1300. The van der Waals surface area contributed by atoms with Crippen molar-refractivity contribution < 1.29 is 4.42 Å². The van der Waals surface area contributed by atoms with Gasteiger partial charge < -0.3 is 9.32 Å². The predicted molar refractivity (Wildman–Crippen MR) is 130 cm³/mol. The second-order valence-electron chi connectivity index (χ2n) is 8.54. The zero-order valence-corrected chi connectivity index (χ0v) is 19.5. The molecule has 0 radical (unpaired) electrons. The van der Waals surface area contributed by atoms with Gasteiger partial charge in [0.1, 0.15) is 0 Å². The van der Waals surface area contributed by atoms with Gasteiger partial charge in [-0.3, -0.25) is 9.47 Å². The summed E-state index contributed by atoms with van der Waals surface area (Å²) >= 11 is 8.02. The molecule has 3 heterocycles. The topological polar surface area (TPSA) is 41.6 Å². The molecule has 162 valence electrons. The Morgan fingerprint density at radius 3 is 2.71 bits per heavy atom. The molecule has 5 nitrogen and oxygen atoms in total. The summed E-state index contributed by atoms with van der Waals surface area (Å²) in [4.78, 5) is 17.0. The van der Waals surface area contributed by atoms with Gasteiger partial charge in [0.15, 0.2) is 5.58 Å². The lowest BCUT2D eigenvalue weighted by molar-refractivity contribution is 0.134. The number of oxazole rings is 1. The van der Waals surface area contributed by atoms with Gasteiger partial charge in [-0.25, -0.2) is 4.79 Å². The van der Waals surface area contributed by atoms with Gasteiger partial charge in [0.05, 0.1) is 11.2 Å². The van der Waals surface area contributed by atoms with Crippen LogP contribution in [0.2, 0.25) is 5.02 Å². The molecule has 5 rings (SSSR count).